The first-order chi connectivity index (χ1) is 9.36. The van der Waals surface area contributed by atoms with Gasteiger partial charge >= 0.3 is 5.97 Å². The summed E-state index contributed by atoms with van der Waals surface area (Å²) in [4.78, 5) is 11.0. The Morgan fingerprint density at radius 3 is 2.70 bits per heavy atom. The van der Waals surface area contributed by atoms with Crippen LogP contribution in [0.3, 0.4) is 0 Å². The van der Waals surface area contributed by atoms with Crippen LogP contribution >= 0.6 is 0 Å². The summed E-state index contributed by atoms with van der Waals surface area (Å²) in [5, 5.41) is 8.97. The van der Waals surface area contributed by atoms with Crippen molar-refractivity contribution in [3.8, 4) is 5.75 Å². The minimum absolute atomic E-state index is 0.00869. The number of carbonyl (C=O) groups is 1. The number of hydrogen-bond acceptors (Lipinski definition) is 4. The van der Waals surface area contributed by atoms with E-state index in [-0.39, 0.29) is 23.7 Å². The molecule has 7 heteroatoms. The van der Waals surface area contributed by atoms with Crippen LogP contribution in [0, 0.1) is 12.8 Å². The van der Waals surface area contributed by atoms with Gasteiger partial charge in [-0.3, -0.25) is 4.79 Å². The fourth-order valence-electron chi connectivity index (χ4n) is 2.27. The van der Waals surface area contributed by atoms with Crippen molar-refractivity contribution < 1.29 is 23.1 Å². The number of carboxylic acid groups (broad SMARTS) is 1. The fourth-order valence-corrected chi connectivity index (χ4v) is 4.01. The minimum atomic E-state index is -3.73. The average Bonchev–Trinajstić information content (AvgIpc) is 2.89. The minimum Gasteiger partial charge on any atom is -0.495 e. The largest absolute Gasteiger partial charge is 0.495 e. The number of nitrogens with zero attached hydrogens (tertiary/aromatic N) is 1. The second kappa shape index (κ2) is 5.41. The monoisotopic (exact) mass is 299 g/mol. The highest BCUT2D eigenvalue weighted by Crippen LogP contribution is 2.31. The van der Waals surface area contributed by atoms with Crippen molar-refractivity contribution >= 4 is 16.0 Å². The van der Waals surface area contributed by atoms with Crippen LogP contribution in [0.1, 0.15) is 12.0 Å². The molecular formula is C13H17NO5S. The van der Waals surface area contributed by atoms with E-state index in [2.05, 4.69) is 0 Å². The van der Waals surface area contributed by atoms with Gasteiger partial charge in [-0.2, -0.15) is 4.31 Å². The lowest BCUT2D eigenvalue weighted by Crippen LogP contribution is -2.30. The van der Waals surface area contributed by atoms with Crippen LogP contribution in [0.4, 0.5) is 0 Å². The maximum atomic E-state index is 12.6. The zero-order valence-corrected chi connectivity index (χ0v) is 12.2. The fraction of sp³-hybridized carbons (Fsp3) is 0.462. The number of hydrogen-bond donors (Lipinski definition) is 1. The molecule has 1 aromatic rings. The average molecular weight is 299 g/mol. The molecule has 1 saturated heterocycles. The first kappa shape index (κ1) is 14.8. The summed E-state index contributed by atoms with van der Waals surface area (Å²) < 4.78 is 31.5. The van der Waals surface area contributed by atoms with Gasteiger partial charge in [0.05, 0.1) is 13.0 Å². The third kappa shape index (κ3) is 2.64. The topological polar surface area (TPSA) is 83.9 Å². The van der Waals surface area contributed by atoms with Crippen molar-refractivity contribution in [2.45, 2.75) is 18.2 Å². The molecule has 6 nitrogen and oxygen atoms in total. The Morgan fingerprint density at radius 2 is 2.15 bits per heavy atom. The molecule has 20 heavy (non-hydrogen) atoms. The van der Waals surface area contributed by atoms with Gasteiger partial charge in [-0.15, -0.1) is 0 Å². The number of sulfonamides is 1. The van der Waals surface area contributed by atoms with Gasteiger partial charge in [0.15, 0.2) is 0 Å². The van der Waals surface area contributed by atoms with Gasteiger partial charge in [-0.05, 0) is 31.0 Å². The van der Waals surface area contributed by atoms with Crippen LogP contribution in [0.2, 0.25) is 0 Å². The quantitative estimate of drug-likeness (QED) is 0.900. The molecule has 1 aliphatic rings. The Balaban J connectivity index is 2.36. The van der Waals surface area contributed by atoms with Crippen LogP contribution in [-0.4, -0.2) is 44.0 Å². The number of methoxy groups -OCH3 is 1. The molecule has 1 fully saturated rings. The van der Waals surface area contributed by atoms with Crippen molar-refractivity contribution in [1.29, 1.82) is 0 Å². The van der Waals surface area contributed by atoms with Gasteiger partial charge in [0.2, 0.25) is 10.0 Å². The molecule has 0 bridgehead atoms. The summed E-state index contributed by atoms with van der Waals surface area (Å²) in [6, 6.07) is 4.91. The van der Waals surface area contributed by atoms with E-state index in [0.717, 1.165) is 5.56 Å². The van der Waals surface area contributed by atoms with Crippen LogP contribution in [0.15, 0.2) is 23.1 Å². The molecule has 0 aliphatic carbocycles. The number of aryl methyl sites for hydroxylation is 1. The molecule has 1 aliphatic heterocycles. The first-order valence-electron chi connectivity index (χ1n) is 6.24. The van der Waals surface area contributed by atoms with Gasteiger partial charge in [-0.25, -0.2) is 8.42 Å². The Hall–Kier alpha value is -1.60. The predicted octanol–water partition coefficient (Wildman–Crippen LogP) is 1.10. The van der Waals surface area contributed by atoms with E-state index in [1.807, 2.05) is 0 Å². The second-order valence-corrected chi connectivity index (χ2v) is 6.75. The normalized spacial score (nSPS) is 20.0. The van der Waals surface area contributed by atoms with Crippen LogP contribution in [0.25, 0.3) is 0 Å². The SMILES string of the molecule is COc1ccc(C)cc1S(=O)(=O)N1CC[C@H](C(=O)O)C1. The van der Waals surface area contributed by atoms with Crippen molar-refractivity contribution in [3.63, 3.8) is 0 Å². The van der Waals surface area contributed by atoms with Crippen molar-refractivity contribution in [1.82, 2.24) is 4.31 Å². The number of ether oxygens (including phenoxy) is 1. The van der Waals surface area contributed by atoms with Gasteiger partial charge in [0.1, 0.15) is 10.6 Å². The molecule has 110 valence electrons. The Labute approximate surface area is 118 Å². The molecule has 0 spiro atoms. The van der Waals surface area contributed by atoms with E-state index in [1.54, 1.807) is 25.1 Å². The van der Waals surface area contributed by atoms with E-state index in [0.29, 0.717) is 6.42 Å². The molecule has 0 radical (unpaired) electrons. The zero-order chi connectivity index (χ0) is 14.9. The first-order valence-corrected chi connectivity index (χ1v) is 7.68. The summed E-state index contributed by atoms with van der Waals surface area (Å²) in [5.74, 6) is -1.33. The molecule has 2 rings (SSSR count). The molecule has 0 unspecified atom stereocenters. The second-order valence-electron chi connectivity index (χ2n) is 4.84. The number of carboxylic acids is 1. The van der Waals surface area contributed by atoms with E-state index in [1.165, 1.54) is 11.4 Å². The molecule has 0 amide bonds. The molecule has 0 saturated carbocycles. The maximum Gasteiger partial charge on any atom is 0.307 e. The summed E-state index contributed by atoms with van der Waals surface area (Å²) in [5.41, 5.74) is 0.804. The van der Waals surface area contributed by atoms with Crippen LogP contribution in [-0.2, 0) is 14.8 Å². The van der Waals surface area contributed by atoms with Gasteiger partial charge in [0.25, 0.3) is 0 Å². The number of aliphatic carboxylic acids is 1. The highest BCUT2D eigenvalue weighted by atomic mass is 32.2. The lowest BCUT2D eigenvalue weighted by atomic mass is 10.1. The van der Waals surface area contributed by atoms with E-state index in [9.17, 15) is 13.2 Å². The number of benzene rings is 1. The van der Waals surface area contributed by atoms with Crippen LogP contribution in [0.5, 0.6) is 5.75 Å². The standard InChI is InChI=1S/C13H17NO5S/c1-9-3-4-11(19-2)12(7-9)20(17,18)14-6-5-10(8-14)13(15)16/h3-4,7,10H,5-6,8H2,1-2H3,(H,15,16)/t10-/m0/s1. The van der Waals surface area contributed by atoms with E-state index in [4.69, 9.17) is 9.84 Å². The van der Waals surface area contributed by atoms with E-state index < -0.39 is 21.9 Å². The summed E-state index contributed by atoms with van der Waals surface area (Å²) in [6.07, 6.45) is 0.336. The Bertz CT molecular complexity index is 626. The number of rotatable bonds is 4. The van der Waals surface area contributed by atoms with Gasteiger partial charge in [-0.1, -0.05) is 6.07 Å². The van der Waals surface area contributed by atoms with Crippen LogP contribution < -0.4 is 4.74 Å². The molecule has 0 aromatic heterocycles. The molecule has 1 heterocycles. The molecule has 1 aromatic carbocycles. The Kier molecular flexibility index (Phi) is 4.01. The highest BCUT2D eigenvalue weighted by Gasteiger charge is 2.37. The molecular weight excluding hydrogens is 282 g/mol. The zero-order valence-electron chi connectivity index (χ0n) is 11.4. The lowest BCUT2D eigenvalue weighted by molar-refractivity contribution is -0.141. The summed E-state index contributed by atoms with van der Waals surface area (Å²) in [7, 11) is -2.31. The lowest BCUT2D eigenvalue weighted by Gasteiger charge is -2.18. The Morgan fingerprint density at radius 1 is 1.45 bits per heavy atom. The maximum absolute atomic E-state index is 12.6. The van der Waals surface area contributed by atoms with E-state index >= 15 is 0 Å². The van der Waals surface area contributed by atoms with Gasteiger partial charge in [0, 0.05) is 13.1 Å². The third-order valence-corrected chi connectivity index (χ3v) is 5.32. The smallest absolute Gasteiger partial charge is 0.307 e. The molecule has 1 N–H and O–H groups in total. The summed E-state index contributed by atoms with van der Waals surface area (Å²) >= 11 is 0. The van der Waals surface area contributed by atoms with Crippen molar-refractivity contribution in [2.24, 2.45) is 5.92 Å². The van der Waals surface area contributed by atoms with Crippen molar-refractivity contribution in [3.05, 3.63) is 23.8 Å². The summed E-state index contributed by atoms with van der Waals surface area (Å²) in [6.45, 7) is 2.02. The highest BCUT2D eigenvalue weighted by molar-refractivity contribution is 7.89. The molecule has 1 atom stereocenters. The van der Waals surface area contributed by atoms with Gasteiger partial charge < -0.3 is 9.84 Å². The predicted molar refractivity (Wildman–Crippen MR) is 72.2 cm³/mol. The van der Waals surface area contributed by atoms with Crippen molar-refractivity contribution in [2.75, 3.05) is 20.2 Å². The third-order valence-electron chi connectivity index (χ3n) is 3.44.